The minimum Gasteiger partial charge on any atom is -0.490 e. The van der Waals surface area contributed by atoms with Crippen LogP contribution in [0.4, 0.5) is 0 Å². The summed E-state index contributed by atoms with van der Waals surface area (Å²) in [7, 11) is 0. The molecule has 1 heterocycles. The molecular formula is C23H29ClN2O3. The third-order valence-electron chi connectivity index (χ3n) is 4.90. The van der Waals surface area contributed by atoms with Gasteiger partial charge in [0, 0.05) is 31.1 Å². The second-order valence-corrected chi connectivity index (χ2v) is 7.58. The number of benzene rings is 2. The summed E-state index contributed by atoms with van der Waals surface area (Å²) in [4.78, 5) is 13.6. The average molecular weight is 417 g/mol. The van der Waals surface area contributed by atoms with Crippen molar-refractivity contribution in [2.45, 2.75) is 39.3 Å². The molecule has 5 nitrogen and oxygen atoms in total. The quantitative estimate of drug-likeness (QED) is 0.551. The fraction of sp³-hybridized carbons (Fsp3) is 0.435. The molecule has 2 aromatic carbocycles. The Labute approximate surface area is 177 Å². The lowest BCUT2D eigenvalue weighted by molar-refractivity contribution is -0.127. The van der Waals surface area contributed by atoms with Crippen LogP contribution in [0, 0.1) is 0 Å². The Morgan fingerprint density at radius 1 is 1.07 bits per heavy atom. The van der Waals surface area contributed by atoms with E-state index in [9.17, 15) is 4.79 Å². The molecule has 0 spiro atoms. The number of hydrogen-bond acceptors (Lipinski definition) is 4. The van der Waals surface area contributed by atoms with E-state index in [1.165, 1.54) is 0 Å². The van der Waals surface area contributed by atoms with Gasteiger partial charge in [-0.05, 0) is 61.7 Å². The van der Waals surface area contributed by atoms with E-state index in [0.717, 1.165) is 61.6 Å². The molecule has 0 atom stereocenters. The Bertz CT molecular complexity index is 795. The van der Waals surface area contributed by atoms with Gasteiger partial charge in [0.2, 0.25) is 5.91 Å². The van der Waals surface area contributed by atoms with Crippen LogP contribution >= 0.6 is 11.6 Å². The molecule has 6 heteroatoms. The zero-order valence-corrected chi connectivity index (χ0v) is 17.7. The van der Waals surface area contributed by atoms with Crippen molar-refractivity contribution in [3.05, 3.63) is 58.6 Å². The third-order valence-corrected chi connectivity index (χ3v) is 5.15. The highest BCUT2D eigenvalue weighted by Crippen LogP contribution is 2.29. The number of halogens is 1. The molecule has 1 fully saturated rings. The van der Waals surface area contributed by atoms with Gasteiger partial charge in [0.1, 0.15) is 6.61 Å². The van der Waals surface area contributed by atoms with Gasteiger partial charge in [-0.25, -0.2) is 0 Å². The summed E-state index contributed by atoms with van der Waals surface area (Å²) in [5, 5.41) is 4.16. The topological polar surface area (TPSA) is 50.8 Å². The Morgan fingerprint density at radius 3 is 2.59 bits per heavy atom. The standard InChI is InChI=1S/C23H29ClN2O3/c1-2-28-22-15-19(16-25-12-4-14-26-13-3-5-23(26)27)8-11-21(22)29-17-18-6-9-20(24)10-7-18/h6-11,15,25H,2-5,12-14,16-17H2,1H3. The normalized spacial score (nSPS) is 13.7. The smallest absolute Gasteiger partial charge is 0.222 e. The molecule has 1 aliphatic rings. The number of hydrogen-bond donors (Lipinski definition) is 1. The Kier molecular flexibility index (Phi) is 8.20. The predicted octanol–water partition coefficient (Wildman–Crippen LogP) is 4.42. The first-order valence-corrected chi connectivity index (χ1v) is 10.6. The number of ether oxygens (including phenoxy) is 2. The summed E-state index contributed by atoms with van der Waals surface area (Å²) < 4.78 is 11.7. The molecule has 1 amide bonds. The molecule has 0 aliphatic carbocycles. The van der Waals surface area contributed by atoms with Gasteiger partial charge >= 0.3 is 0 Å². The van der Waals surface area contributed by atoms with E-state index in [-0.39, 0.29) is 0 Å². The van der Waals surface area contributed by atoms with Crippen LogP contribution in [0.5, 0.6) is 11.5 Å². The fourth-order valence-corrected chi connectivity index (χ4v) is 3.49. The Hall–Kier alpha value is -2.24. The molecule has 0 bridgehead atoms. The summed E-state index contributed by atoms with van der Waals surface area (Å²) in [6.45, 7) is 6.39. The zero-order chi connectivity index (χ0) is 20.5. The summed E-state index contributed by atoms with van der Waals surface area (Å²) in [5.41, 5.74) is 2.20. The molecule has 3 rings (SSSR count). The average Bonchev–Trinajstić information content (AvgIpc) is 3.13. The van der Waals surface area contributed by atoms with Crippen molar-refractivity contribution in [3.63, 3.8) is 0 Å². The largest absolute Gasteiger partial charge is 0.490 e. The van der Waals surface area contributed by atoms with Crippen molar-refractivity contribution in [1.82, 2.24) is 10.2 Å². The van der Waals surface area contributed by atoms with Crippen LogP contribution in [-0.4, -0.2) is 37.0 Å². The Balaban J connectivity index is 1.47. The van der Waals surface area contributed by atoms with Gasteiger partial charge in [0.15, 0.2) is 11.5 Å². The van der Waals surface area contributed by atoms with Crippen LogP contribution in [0.15, 0.2) is 42.5 Å². The van der Waals surface area contributed by atoms with Crippen molar-refractivity contribution in [2.75, 3.05) is 26.2 Å². The van der Waals surface area contributed by atoms with E-state index in [0.29, 0.717) is 30.6 Å². The van der Waals surface area contributed by atoms with Crippen LogP contribution < -0.4 is 14.8 Å². The monoisotopic (exact) mass is 416 g/mol. The molecular weight excluding hydrogens is 388 g/mol. The number of carbonyl (C=O) groups excluding carboxylic acids is 1. The van der Waals surface area contributed by atoms with Crippen molar-refractivity contribution < 1.29 is 14.3 Å². The maximum atomic E-state index is 11.6. The van der Waals surface area contributed by atoms with Gasteiger partial charge in [-0.3, -0.25) is 4.79 Å². The summed E-state index contributed by atoms with van der Waals surface area (Å²) in [6.07, 6.45) is 2.67. The molecule has 1 saturated heterocycles. The lowest BCUT2D eigenvalue weighted by Gasteiger charge is -2.16. The summed E-state index contributed by atoms with van der Waals surface area (Å²) >= 11 is 5.93. The highest BCUT2D eigenvalue weighted by Gasteiger charge is 2.18. The van der Waals surface area contributed by atoms with Crippen molar-refractivity contribution in [3.8, 4) is 11.5 Å². The number of amides is 1. The third kappa shape index (κ3) is 6.65. The highest BCUT2D eigenvalue weighted by atomic mass is 35.5. The number of likely N-dealkylation sites (tertiary alicyclic amines) is 1. The molecule has 29 heavy (non-hydrogen) atoms. The number of carbonyl (C=O) groups is 1. The summed E-state index contributed by atoms with van der Waals surface area (Å²) in [6, 6.07) is 13.7. The van der Waals surface area contributed by atoms with E-state index in [1.807, 2.05) is 48.2 Å². The first-order chi connectivity index (χ1) is 14.2. The molecule has 0 unspecified atom stereocenters. The van der Waals surface area contributed by atoms with Crippen LogP contribution in [0.25, 0.3) is 0 Å². The van der Waals surface area contributed by atoms with Crippen LogP contribution in [0.2, 0.25) is 5.02 Å². The highest BCUT2D eigenvalue weighted by molar-refractivity contribution is 6.30. The predicted molar refractivity (Wildman–Crippen MR) is 116 cm³/mol. The fourth-order valence-electron chi connectivity index (χ4n) is 3.36. The van der Waals surface area contributed by atoms with Gasteiger partial charge in [0.05, 0.1) is 6.61 Å². The molecule has 1 N–H and O–H groups in total. The number of nitrogens with zero attached hydrogens (tertiary/aromatic N) is 1. The second-order valence-electron chi connectivity index (χ2n) is 7.14. The van der Waals surface area contributed by atoms with Gasteiger partial charge in [-0.15, -0.1) is 0 Å². The Morgan fingerprint density at radius 2 is 1.86 bits per heavy atom. The van der Waals surface area contributed by atoms with Crippen LogP contribution in [0.1, 0.15) is 37.3 Å². The maximum absolute atomic E-state index is 11.6. The molecule has 0 radical (unpaired) electrons. The molecule has 156 valence electrons. The van der Waals surface area contributed by atoms with E-state index < -0.39 is 0 Å². The minimum atomic E-state index is 0.292. The van der Waals surface area contributed by atoms with Crippen LogP contribution in [-0.2, 0) is 17.9 Å². The zero-order valence-electron chi connectivity index (χ0n) is 17.0. The molecule has 0 saturated carbocycles. The van der Waals surface area contributed by atoms with Crippen molar-refractivity contribution >= 4 is 17.5 Å². The lowest BCUT2D eigenvalue weighted by Crippen LogP contribution is -2.28. The summed E-state index contributed by atoms with van der Waals surface area (Å²) in [5.74, 6) is 1.78. The van der Waals surface area contributed by atoms with Gasteiger partial charge in [-0.1, -0.05) is 29.8 Å². The van der Waals surface area contributed by atoms with Crippen LogP contribution in [0.3, 0.4) is 0 Å². The molecule has 0 aromatic heterocycles. The minimum absolute atomic E-state index is 0.292. The van der Waals surface area contributed by atoms with E-state index in [4.69, 9.17) is 21.1 Å². The van der Waals surface area contributed by atoms with Gasteiger partial charge in [0.25, 0.3) is 0 Å². The molecule has 2 aromatic rings. The second kappa shape index (κ2) is 11.1. The van der Waals surface area contributed by atoms with Crippen molar-refractivity contribution in [2.24, 2.45) is 0 Å². The first kappa shape index (κ1) is 21.5. The maximum Gasteiger partial charge on any atom is 0.222 e. The van der Waals surface area contributed by atoms with Crippen molar-refractivity contribution in [1.29, 1.82) is 0 Å². The van der Waals surface area contributed by atoms with E-state index in [2.05, 4.69) is 11.4 Å². The lowest BCUT2D eigenvalue weighted by atomic mass is 10.2. The number of nitrogens with one attached hydrogen (secondary N) is 1. The SMILES string of the molecule is CCOc1cc(CNCCCN2CCCC2=O)ccc1OCc1ccc(Cl)cc1. The molecule has 1 aliphatic heterocycles. The van der Waals surface area contributed by atoms with Gasteiger partial charge in [-0.2, -0.15) is 0 Å². The first-order valence-electron chi connectivity index (χ1n) is 10.3. The van der Waals surface area contributed by atoms with E-state index >= 15 is 0 Å². The van der Waals surface area contributed by atoms with Gasteiger partial charge < -0.3 is 19.7 Å². The number of rotatable bonds is 11. The van der Waals surface area contributed by atoms with E-state index in [1.54, 1.807) is 0 Å².